The van der Waals surface area contributed by atoms with Crippen LogP contribution in [0.2, 0.25) is 0 Å². The number of aromatic nitrogens is 3. The second kappa shape index (κ2) is 11.1. The van der Waals surface area contributed by atoms with Gasteiger partial charge in [0.05, 0.1) is 44.7 Å². The Kier molecular flexibility index (Phi) is 7.06. The van der Waals surface area contributed by atoms with Gasteiger partial charge in [0.25, 0.3) is 0 Å². The monoisotopic (exact) mass is 665 g/mol. The van der Waals surface area contributed by atoms with Crippen molar-refractivity contribution in [2.24, 2.45) is 0 Å². The molecule has 0 saturated carbocycles. The number of para-hydroxylation sites is 2. The lowest BCUT2D eigenvalue weighted by Crippen LogP contribution is -2.11. The minimum atomic E-state index is -4.54. The summed E-state index contributed by atoms with van der Waals surface area (Å²) in [7, 11) is 0. The van der Waals surface area contributed by atoms with Gasteiger partial charge in [0.2, 0.25) is 0 Å². The predicted octanol–water partition coefficient (Wildman–Crippen LogP) is 12.6. The van der Waals surface area contributed by atoms with E-state index < -0.39 is 11.7 Å². The van der Waals surface area contributed by atoms with Crippen LogP contribution in [0.25, 0.3) is 66.2 Å². The quantitative estimate of drug-likeness (QED) is 0.184. The molecule has 8 rings (SSSR count). The average molecular weight is 666 g/mol. The number of benzene rings is 5. The van der Waals surface area contributed by atoms with Gasteiger partial charge in [-0.1, -0.05) is 90.1 Å². The molecule has 250 valence electrons. The fourth-order valence-corrected chi connectivity index (χ4v) is 7.28. The zero-order valence-electron chi connectivity index (χ0n) is 29.0. The zero-order valence-corrected chi connectivity index (χ0v) is 29.0. The summed E-state index contributed by atoms with van der Waals surface area (Å²) in [4.78, 5) is 4.87. The van der Waals surface area contributed by atoms with Crippen LogP contribution in [-0.4, -0.2) is 14.1 Å². The summed E-state index contributed by atoms with van der Waals surface area (Å²) >= 11 is 0. The first-order valence-electron chi connectivity index (χ1n) is 17.0. The predicted molar refractivity (Wildman–Crippen MR) is 201 cm³/mol. The van der Waals surface area contributed by atoms with Crippen molar-refractivity contribution in [1.82, 2.24) is 14.1 Å². The summed E-state index contributed by atoms with van der Waals surface area (Å²) in [6.07, 6.45) is -2.88. The summed E-state index contributed by atoms with van der Waals surface area (Å²) in [5, 5.41) is 4.25. The number of alkyl halides is 3. The highest BCUT2D eigenvalue weighted by atomic mass is 19.4. The lowest BCUT2D eigenvalue weighted by Gasteiger charge is -2.21. The van der Waals surface area contributed by atoms with E-state index in [-0.39, 0.29) is 10.8 Å². The zero-order chi connectivity index (χ0) is 35.2. The van der Waals surface area contributed by atoms with Crippen LogP contribution < -0.4 is 0 Å². The van der Waals surface area contributed by atoms with E-state index in [0.717, 1.165) is 43.6 Å². The maximum Gasteiger partial charge on any atom is 0.416 e. The first kappa shape index (κ1) is 31.9. The van der Waals surface area contributed by atoms with E-state index in [9.17, 15) is 13.2 Å². The van der Waals surface area contributed by atoms with Gasteiger partial charge in [-0.3, -0.25) is 4.98 Å². The smallest absolute Gasteiger partial charge is 0.309 e. The molecule has 3 nitrogen and oxygen atoms in total. The molecule has 8 aromatic rings. The lowest BCUT2D eigenvalue weighted by molar-refractivity contribution is -0.137. The summed E-state index contributed by atoms with van der Waals surface area (Å²) in [5.41, 5.74) is 7.51. The van der Waals surface area contributed by atoms with Crippen molar-refractivity contribution in [3.05, 3.63) is 138 Å². The van der Waals surface area contributed by atoms with E-state index in [2.05, 4.69) is 105 Å². The van der Waals surface area contributed by atoms with Crippen LogP contribution in [0.3, 0.4) is 0 Å². The molecule has 50 heavy (non-hydrogen) atoms. The molecule has 5 aromatic carbocycles. The Morgan fingerprint density at radius 2 is 0.940 bits per heavy atom. The van der Waals surface area contributed by atoms with Crippen LogP contribution in [0.1, 0.15) is 58.2 Å². The molecule has 0 atom stereocenters. The van der Waals surface area contributed by atoms with Crippen molar-refractivity contribution in [2.45, 2.75) is 58.5 Å². The Morgan fingerprint density at radius 3 is 1.46 bits per heavy atom. The first-order valence-corrected chi connectivity index (χ1v) is 17.0. The average Bonchev–Trinajstić information content (AvgIpc) is 3.59. The summed E-state index contributed by atoms with van der Waals surface area (Å²) in [6.45, 7) is 13.1. The molecule has 0 amide bonds. The SMILES string of the molecule is CC(C)(C)c1ccc2c(c1)c1ccccc1n2-c1ccc(C(F)(F)F)cc1-c1ncccc1-n1c2ccccc2c2cc(C(C)(C)C)ccc21. The number of pyridine rings is 1. The number of fused-ring (bicyclic) bond motifs is 6. The number of halogens is 3. The second-order valence-corrected chi connectivity index (χ2v) is 15.3. The number of hydrogen-bond acceptors (Lipinski definition) is 1. The molecule has 3 heterocycles. The van der Waals surface area contributed by atoms with Crippen molar-refractivity contribution >= 4 is 43.6 Å². The number of nitrogens with zero attached hydrogens (tertiary/aromatic N) is 3. The minimum Gasteiger partial charge on any atom is -0.309 e. The molecule has 0 bridgehead atoms. The highest BCUT2D eigenvalue weighted by Gasteiger charge is 2.32. The number of rotatable bonds is 3. The normalized spacial score (nSPS) is 12.9. The van der Waals surface area contributed by atoms with Crippen molar-refractivity contribution in [2.75, 3.05) is 0 Å². The van der Waals surface area contributed by atoms with Crippen molar-refractivity contribution in [3.63, 3.8) is 0 Å². The maximum atomic E-state index is 14.5. The van der Waals surface area contributed by atoms with Gasteiger partial charge < -0.3 is 9.13 Å². The van der Waals surface area contributed by atoms with Gasteiger partial charge in [-0.2, -0.15) is 13.2 Å². The van der Waals surface area contributed by atoms with E-state index in [4.69, 9.17) is 4.98 Å². The topological polar surface area (TPSA) is 22.8 Å². The molecule has 3 aromatic heterocycles. The van der Waals surface area contributed by atoms with Crippen LogP contribution in [-0.2, 0) is 17.0 Å². The molecule has 0 saturated heterocycles. The van der Waals surface area contributed by atoms with Crippen molar-refractivity contribution in [3.8, 4) is 22.6 Å². The molecule has 6 heteroatoms. The molecule has 0 aliphatic carbocycles. The third kappa shape index (κ3) is 5.08. The molecular formula is C44H38F3N3. The van der Waals surface area contributed by atoms with Crippen LogP contribution in [0.15, 0.2) is 121 Å². The molecular weight excluding hydrogens is 627 g/mol. The van der Waals surface area contributed by atoms with Crippen LogP contribution >= 0.6 is 0 Å². The van der Waals surface area contributed by atoms with Crippen molar-refractivity contribution < 1.29 is 13.2 Å². The summed E-state index contributed by atoms with van der Waals surface area (Å²) in [5.74, 6) is 0. The van der Waals surface area contributed by atoms with Gasteiger partial charge in [0, 0.05) is 33.3 Å². The van der Waals surface area contributed by atoms with Crippen LogP contribution in [0.4, 0.5) is 13.2 Å². The van der Waals surface area contributed by atoms with E-state index in [0.29, 0.717) is 22.6 Å². The Hall–Kier alpha value is -5.36. The Morgan fingerprint density at radius 1 is 0.460 bits per heavy atom. The van der Waals surface area contributed by atoms with Gasteiger partial charge in [-0.05, 0) is 88.7 Å². The highest BCUT2D eigenvalue weighted by Crippen LogP contribution is 2.43. The second-order valence-electron chi connectivity index (χ2n) is 15.3. The van der Waals surface area contributed by atoms with E-state index >= 15 is 0 Å². The molecule has 0 N–H and O–H groups in total. The van der Waals surface area contributed by atoms with Crippen LogP contribution in [0.5, 0.6) is 0 Å². The Labute approximate surface area is 289 Å². The maximum absolute atomic E-state index is 14.5. The van der Waals surface area contributed by atoms with Crippen LogP contribution in [0, 0.1) is 0 Å². The fourth-order valence-electron chi connectivity index (χ4n) is 7.28. The third-order valence-electron chi connectivity index (χ3n) is 9.92. The third-order valence-corrected chi connectivity index (χ3v) is 9.92. The van der Waals surface area contributed by atoms with Gasteiger partial charge in [0.1, 0.15) is 0 Å². The summed E-state index contributed by atoms with van der Waals surface area (Å²) in [6, 6.07) is 37.1. The van der Waals surface area contributed by atoms with Gasteiger partial charge >= 0.3 is 6.18 Å². The Balaban J connectivity index is 1.46. The van der Waals surface area contributed by atoms with E-state index in [1.54, 1.807) is 12.3 Å². The van der Waals surface area contributed by atoms with Gasteiger partial charge in [-0.15, -0.1) is 0 Å². The molecule has 0 aliphatic rings. The first-order chi connectivity index (χ1) is 23.7. The molecule has 0 aliphatic heterocycles. The van der Waals surface area contributed by atoms with Gasteiger partial charge in [0.15, 0.2) is 0 Å². The molecule has 0 radical (unpaired) electrons. The largest absolute Gasteiger partial charge is 0.416 e. The van der Waals surface area contributed by atoms with Crippen molar-refractivity contribution in [1.29, 1.82) is 0 Å². The molecule has 0 spiro atoms. The van der Waals surface area contributed by atoms with Gasteiger partial charge in [-0.25, -0.2) is 0 Å². The highest BCUT2D eigenvalue weighted by molar-refractivity contribution is 6.11. The Bertz CT molecular complexity index is 2610. The van der Waals surface area contributed by atoms with E-state index in [1.807, 2.05) is 42.5 Å². The van der Waals surface area contributed by atoms with E-state index in [1.165, 1.54) is 23.3 Å². The fraction of sp³-hybridized carbons (Fsp3) is 0.205. The molecule has 0 fully saturated rings. The molecule has 0 unspecified atom stereocenters. The lowest BCUT2D eigenvalue weighted by atomic mass is 9.86. The summed E-state index contributed by atoms with van der Waals surface area (Å²) < 4.78 is 47.8. The minimum absolute atomic E-state index is 0.0558. The standard InChI is InChI=1S/C44H38F3N3/c1-42(2,3)27-17-20-37-32(24-27)30-12-7-9-14-35(30)49(37)39-22-19-29(44(45,46)47)26-34(39)41-40(16-11-23-48-41)50-36-15-10-8-13-31(36)33-25-28(43(4,5)6)18-21-38(33)50/h7-26H,1-6H3. The number of hydrogen-bond donors (Lipinski definition) is 0.